The van der Waals surface area contributed by atoms with Gasteiger partial charge in [-0.3, -0.25) is 4.79 Å². The van der Waals surface area contributed by atoms with Gasteiger partial charge in [-0.15, -0.1) is 0 Å². The summed E-state index contributed by atoms with van der Waals surface area (Å²) in [6.45, 7) is 4.44. The van der Waals surface area contributed by atoms with Crippen LogP contribution in [0.2, 0.25) is 0 Å². The molecule has 38 heavy (non-hydrogen) atoms. The fourth-order valence-corrected chi connectivity index (χ4v) is 5.65. The zero-order valence-electron chi connectivity index (χ0n) is 21.8. The van der Waals surface area contributed by atoms with E-state index in [-0.39, 0.29) is 37.4 Å². The molecular weight excluding hydrogens is 528 g/mol. The number of carbonyl (C=O) groups is 2. The zero-order valence-corrected chi connectivity index (χ0v) is 22.6. The van der Waals surface area contributed by atoms with E-state index in [2.05, 4.69) is 20.7 Å². The van der Waals surface area contributed by atoms with Crippen LogP contribution < -0.4 is 20.7 Å². The maximum Gasteiger partial charge on any atom is 0.417 e. The van der Waals surface area contributed by atoms with Crippen molar-refractivity contribution in [1.82, 2.24) is 20.7 Å². The number of sulfonamides is 1. The van der Waals surface area contributed by atoms with Crippen molar-refractivity contribution < 1.29 is 35.6 Å². The number of rotatable bonds is 13. The van der Waals surface area contributed by atoms with Crippen molar-refractivity contribution in [2.24, 2.45) is 11.8 Å². The van der Waals surface area contributed by atoms with Crippen LogP contribution >= 0.6 is 0 Å². The Bertz CT molecular complexity index is 1030. The highest BCUT2D eigenvalue weighted by molar-refractivity contribution is 7.89. The van der Waals surface area contributed by atoms with Crippen LogP contribution in [-0.2, 0) is 21.0 Å². The maximum absolute atomic E-state index is 13.3. The van der Waals surface area contributed by atoms with E-state index in [4.69, 9.17) is 0 Å². The fraction of sp³-hybridized carbons (Fsp3) is 0.680. The van der Waals surface area contributed by atoms with Gasteiger partial charge in [-0.2, -0.15) is 13.2 Å². The molecule has 1 aliphatic rings. The lowest BCUT2D eigenvalue weighted by Gasteiger charge is -2.24. The summed E-state index contributed by atoms with van der Waals surface area (Å²) >= 11 is 0. The predicted molar refractivity (Wildman–Crippen MR) is 135 cm³/mol. The first kappa shape index (κ1) is 31.8. The Morgan fingerprint density at radius 1 is 1.03 bits per heavy atom. The monoisotopic (exact) mass is 566 g/mol. The van der Waals surface area contributed by atoms with Crippen LogP contribution in [0.5, 0.6) is 0 Å². The van der Waals surface area contributed by atoms with Crippen LogP contribution in [0.15, 0.2) is 23.1 Å². The number of amides is 3. The van der Waals surface area contributed by atoms with Crippen molar-refractivity contribution in [3.63, 3.8) is 0 Å². The molecule has 13 heteroatoms. The van der Waals surface area contributed by atoms with Crippen molar-refractivity contribution in [3.05, 3.63) is 29.6 Å². The molecule has 216 valence electrons. The Morgan fingerprint density at radius 2 is 1.68 bits per heavy atom. The number of carbonyl (C=O) groups excluding carboxylic acids is 2. The Hall–Kier alpha value is -2.41. The van der Waals surface area contributed by atoms with E-state index < -0.39 is 44.5 Å². The molecule has 0 aromatic heterocycles. The van der Waals surface area contributed by atoms with Gasteiger partial charge in [0.15, 0.2) is 0 Å². The summed E-state index contributed by atoms with van der Waals surface area (Å²) in [7, 11) is -4.53. The smallest absolute Gasteiger partial charge is 0.354 e. The first-order chi connectivity index (χ1) is 17.8. The Balaban J connectivity index is 1.78. The van der Waals surface area contributed by atoms with Gasteiger partial charge in [0.05, 0.1) is 10.5 Å². The Labute approximate surface area is 221 Å². The number of alkyl halides is 3. The average Bonchev–Trinajstić information content (AvgIpc) is 2.84. The Morgan fingerprint density at radius 3 is 2.32 bits per heavy atom. The van der Waals surface area contributed by atoms with Crippen molar-refractivity contribution in [2.75, 3.05) is 19.6 Å². The number of benzene rings is 1. The third-order valence-electron chi connectivity index (χ3n) is 6.34. The molecular formula is C25H38F4N4O4S. The normalized spacial score (nSPS) is 15.8. The van der Waals surface area contributed by atoms with E-state index in [9.17, 15) is 35.6 Å². The topological polar surface area (TPSA) is 116 Å². The minimum atomic E-state index is -5.04. The molecule has 1 aromatic rings. The molecule has 1 aliphatic carbocycles. The second kappa shape index (κ2) is 14.7. The number of unbranched alkanes of at least 4 members (excludes halogenated alkanes) is 1. The fourth-order valence-electron chi connectivity index (χ4n) is 4.37. The lowest BCUT2D eigenvalue weighted by atomic mass is 9.89. The third kappa shape index (κ3) is 10.8. The molecule has 4 N–H and O–H groups in total. The van der Waals surface area contributed by atoms with E-state index in [1.54, 1.807) is 0 Å². The highest BCUT2D eigenvalue weighted by atomic mass is 32.2. The van der Waals surface area contributed by atoms with Gasteiger partial charge in [0.1, 0.15) is 11.9 Å². The van der Waals surface area contributed by atoms with Gasteiger partial charge >= 0.3 is 12.2 Å². The minimum Gasteiger partial charge on any atom is -0.354 e. The van der Waals surface area contributed by atoms with Crippen LogP contribution in [0.1, 0.15) is 70.8 Å². The van der Waals surface area contributed by atoms with Gasteiger partial charge in [0.25, 0.3) is 0 Å². The van der Waals surface area contributed by atoms with Crippen molar-refractivity contribution in [2.45, 2.75) is 82.3 Å². The molecule has 1 aromatic carbocycles. The van der Waals surface area contributed by atoms with E-state index in [0.717, 1.165) is 25.7 Å². The second-order valence-corrected chi connectivity index (χ2v) is 11.8. The first-order valence-corrected chi connectivity index (χ1v) is 14.5. The van der Waals surface area contributed by atoms with Gasteiger partial charge in [-0.05, 0) is 62.1 Å². The van der Waals surface area contributed by atoms with E-state index in [1.165, 1.54) is 6.42 Å². The molecule has 0 radical (unpaired) electrons. The molecule has 0 spiro atoms. The van der Waals surface area contributed by atoms with Crippen molar-refractivity contribution in [1.29, 1.82) is 0 Å². The van der Waals surface area contributed by atoms with Gasteiger partial charge in [0.2, 0.25) is 15.9 Å². The molecule has 0 aliphatic heterocycles. The molecule has 1 fully saturated rings. The van der Waals surface area contributed by atoms with Crippen LogP contribution in [0.4, 0.5) is 22.4 Å². The SMILES string of the molecule is CC(C)C[C@H](NC(=O)NCC1CCCCC1)C(=O)NCCCCNS(=O)(=O)c1ccc(F)cc1C(F)(F)F. The van der Waals surface area contributed by atoms with Crippen LogP contribution in [-0.4, -0.2) is 46.0 Å². The standard InChI is InChI=1S/C25H38F4N4O4S/c1-17(2)14-21(33-24(35)31-16-18-8-4-3-5-9-18)23(34)30-12-6-7-13-32-38(36,37)22-11-10-19(26)15-20(22)25(27,28)29/h10-11,15,17-18,21,32H,3-9,12-14,16H2,1-2H3,(H,30,34)(H2,31,33,35)/t21-/m0/s1. The second-order valence-electron chi connectivity index (χ2n) is 10.1. The molecule has 2 rings (SSSR count). The summed E-state index contributed by atoms with van der Waals surface area (Å²) in [6, 6.07) is 0.233. The highest BCUT2D eigenvalue weighted by Gasteiger charge is 2.37. The lowest BCUT2D eigenvalue weighted by molar-refractivity contribution is -0.140. The van der Waals surface area contributed by atoms with Crippen molar-refractivity contribution >= 4 is 22.0 Å². The number of hydrogen-bond acceptors (Lipinski definition) is 4. The average molecular weight is 567 g/mol. The molecule has 0 unspecified atom stereocenters. The highest BCUT2D eigenvalue weighted by Crippen LogP contribution is 2.34. The zero-order chi connectivity index (χ0) is 28.3. The summed E-state index contributed by atoms with van der Waals surface area (Å²) in [5.41, 5.74) is -1.58. The molecule has 0 saturated heterocycles. The predicted octanol–water partition coefficient (Wildman–Crippen LogP) is 4.31. The summed E-state index contributed by atoms with van der Waals surface area (Å²) in [5, 5.41) is 8.29. The van der Waals surface area contributed by atoms with Crippen LogP contribution in [0.25, 0.3) is 0 Å². The van der Waals surface area contributed by atoms with Crippen LogP contribution in [0.3, 0.4) is 0 Å². The maximum atomic E-state index is 13.3. The molecule has 1 saturated carbocycles. The minimum absolute atomic E-state index is 0.141. The molecule has 0 bridgehead atoms. The number of urea groups is 1. The van der Waals surface area contributed by atoms with E-state index in [0.29, 0.717) is 37.4 Å². The number of halogens is 4. The van der Waals surface area contributed by atoms with E-state index in [1.807, 2.05) is 13.8 Å². The summed E-state index contributed by atoms with van der Waals surface area (Å²) in [6.07, 6.45) is 1.67. The van der Waals surface area contributed by atoms with Gasteiger partial charge in [-0.25, -0.2) is 22.3 Å². The molecule has 8 nitrogen and oxygen atoms in total. The molecule has 1 atom stereocenters. The first-order valence-electron chi connectivity index (χ1n) is 13.0. The summed E-state index contributed by atoms with van der Waals surface area (Å²) in [5.74, 6) is -0.966. The largest absolute Gasteiger partial charge is 0.417 e. The quantitative estimate of drug-likeness (QED) is 0.210. The molecule has 0 heterocycles. The van der Waals surface area contributed by atoms with Crippen molar-refractivity contribution in [3.8, 4) is 0 Å². The Kier molecular flexibility index (Phi) is 12.3. The summed E-state index contributed by atoms with van der Waals surface area (Å²) in [4.78, 5) is 24.0. The van der Waals surface area contributed by atoms with Gasteiger partial charge in [0, 0.05) is 19.6 Å². The van der Waals surface area contributed by atoms with E-state index >= 15 is 0 Å². The molecule has 3 amide bonds. The van der Waals surface area contributed by atoms with Crippen LogP contribution in [0, 0.1) is 17.7 Å². The lowest BCUT2D eigenvalue weighted by Crippen LogP contribution is -2.51. The van der Waals surface area contributed by atoms with Gasteiger partial charge in [-0.1, -0.05) is 33.1 Å². The number of nitrogens with one attached hydrogen (secondary N) is 4. The number of hydrogen-bond donors (Lipinski definition) is 4. The third-order valence-corrected chi connectivity index (χ3v) is 7.86. The summed E-state index contributed by atoms with van der Waals surface area (Å²) < 4.78 is 79.5. The van der Waals surface area contributed by atoms with Gasteiger partial charge < -0.3 is 16.0 Å².